The van der Waals surface area contributed by atoms with Crippen molar-refractivity contribution >= 4 is 28.9 Å². The predicted octanol–water partition coefficient (Wildman–Crippen LogP) is 3.31. The van der Waals surface area contributed by atoms with E-state index in [9.17, 15) is 9.90 Å². The zero-order valence-corrected chi connectivity index (χ0v) is 17.8. The number of nitrogens with zero attached hydrogens (tertiary/aromatic N) is 1. The molecule has 28 heavy (non-hydrogen) atoms. The monoisotopic (exact) mass is 402 g/mol. The van der Waals surface area contributed by atoms with Crippen LogP contribution < -0.4 is 16.0 Å². The molecule has 0 fully saturated rings. The van der Waals surface area contributed by atoms with E-state index < -0.39 is 5.60 Å². The summed E-state index contributed by atoms with van der Waals surface area (Å²) >= 11 is 1.53. The summed E-state index contributed by atoms with van der Waals surface area (Å²) in [5.74, 6) is 0.600. The van der Waals surface area contributed by atoms with Crippen molar-refractivity contribution in [1.82, 2.24) is 10.6 Å². The smallest absolute Gasteiger partial charge is 0.226 e. The Morgan fingerprint density at radius 1 is 1.21 bits per heavy atom. The number of anilines is 1. The van der Waals surface area contributed by atoms with Gasteiger partial charge in [0.15, 0.2) is 5.96 Å². The first-order valence-corrected chi connectivity index (χ1v) is 10.4. The topological polar surface area (TPSA) is 85.8 Å². The van der Waals surface area contributed by atoms with Gasteiger partial charge >= 0.3 is 0 Å². The molecule has 0 aliphatic carbocycles. The molecule has 0 radical (unpaired) electrons. The Hall–Kier alpha value is -2.38. The minimum Gasteiger partial charge on any atom is -0.383 e. The van der Waals surface area contributed by atoms with E-state index in [0.29, 0.717) is 19.0 Å². The summed E-state index contributed by atoms with van der Waals surface area (Å²) < 4.78 is 0. The third-order valence-electron chi connectivity index (χ3n) is 4.16. The van der Waals surface area contributed by atoms with Gasteiger partial charge in [0.2, 0.25) is 5.91 Å². The molecule has 2 rings (SSSR count). The van der Waals surface area contributed by atoms with Gasteiger partial charge in [-0.15, -0.1) is 11.3 Å². The van der Waals surface area contributed by atoms with E-state index in [2.05, 4.69) is 20.9 Å². The van der Waals surface area contributed by atoms with Gasteiger partial charge in [-0.25, -0.2) is 4.99 Å². The summed E-state index contributed by atoms with van der Waals surface area (Å²) in [5, 5.41) is 21.9. The molecule has 4 N–H and O–H groups in total. The Kier molecular flexibility index (Phi) is 8.02. The van der Waals surface area contributed by atoms with Crippen LogP contribution in [0.25, 0.3) is 0 Å². The number of thiophene rings is 1. The SMILES string of the molecule is CCNC(=NCc1ccc(NC(=O)C(C)C)cc1)NCC(C)(O)c1cccs1. The molecule has 152 valence electrons. The van der Waals surface area contributed by atoms with Crippen LogP contribution in [0.1, 0.15) is 38.1 Å². The fourth-order valence-electron chi connectivity index (χ4n) is 2.42. The van der Waals surface area contributed by atoms with Crippen LogP contribution in [0.3, 0.4) is 0 Å². The molecule has 0 saturated heterocycles. The zero-order chi connectivity index (χ0) is 20.6. The second-order valence-corrected chi connectivity index (χ2v) is 8.09. The Balaban J connectivity index is 1.95. The summed E-state index contributed by atoms with van der Waals surface area (Å²) in [6, 6.07) is 11.5. The normalized spacial score (nSPS) is 13.9. The molecule has 0 saturated carbocycles. The molecule has 6 nitrogen and oxygen atoms in total. The number of guanidine groups is 1. The highest BCUT2D eigenvalue weighted by atomic mass is 32.1. The molecule has 1 aromatic heterocycles. The van der Waals surface area contributed by atoms with E-state index in [1.807, 2.05) is 62.5 Å². The summed E-state index contributed by atoms with van der Waals surface area (Å²) in [7, 11) is 0. The van der Waals surface area contributed by atoms with Crippen LogP contribution in [0.2, 0.25) is 0 Å². The van der Waals surface area contributed by atoms with Gasteiger partial charge < -0.3 is 21.1 Å². The van der Waals surface area contributed by atoms with Crippen molar-refractivity contribution in [1.29, 1.82) is 0 Å². The summed E-state index contributed by atoms with van der Waals surface area (Å²) in [6.07, 6.45) is 0. The maximum atomic E-state index is 11.8. The highest BCUT2D eigenvalue weighted by Crippen LogP contribution is 2.24. The van der Waals surface area contributed by atoms with Gasteiger partial charge in [-0.05, 0) is 43.0 Å². The fraction of sp³-hybridized carbons (Fsp3) is 0.429. The number of hydrogen-bond acceptors (Lipinski definition) is 4. The van der Waals surface area contributed by atoms with Crippen LogP contribution in [0.5, 0.6) is 0 Å². The second-order valence-electron chi connectivity index (χ2n) is 7.14. The van der Waals surface area contributed by atoms with E-state index in [4.69, 9.17) is 0 Å². The summed E-state index contributed by atoms with van der Waals surface area (Å²) in [5.41, 5.74) is 0.855. The number of carbonyl (C=O) groups is 1. The van der Waals surface area contributed by atoms with E-state index in [1.165, 1.54) is 11.3 Å². The van der Waals surface area contributed by atoms with Crippen molar-refractivity contribution in [3.63, 3.8) is 0 Å². The molecule has 1 heterocycles. The van der Waals surface area contributed by atoms with Crippen LogP contribution in [0, 0.1) is 5.92 Å². The van der Waals surface area contributed by atoms with E-state index in [1.54, 1.807) is 6.92 Å². The van der Waals surface area contributed by atoms with Crippen LogP contribution in [0.4, 0.5) is 5.69 Å². The highest BCUT2D eigenvalue weighted by Gasteiger charge is 2.24. The predicted molar refractivity (Wildman–Crippen MR) is 117 cm³/mol. The molecular formula is C21H30N4O2S. The molecule has 0 aliphatic heterocycles. The van der Waals surface area contributed by atoms with Gasteiger partial charge in [0, 0.05) is 23.0 Å². The van der Waals surface area contributed by atoms with E-state index >= 15 is 0 Å². The van der Waals surface area contributed by atoms with E-state index in [0.717, 1.165) is 22.7 Å². The van der Waals surface area contributed by atoms with Crippen LogP contribution in [-0.4, -0.2) is 30.1 Å². The highest BCUT2D eigenvalue weighted by molar-refractivity contribution is 7.10. The molecule has 0 bridgehead atoms. The molecule has 1 aromatic carbocycles. The average Bonchev–Trinajstić information content (AvgIpc) is 3.21. The number of nitrogens with one attached hydrogen (secondary N) is 3. The largest absolute Gasteiger partial charge is 0.383 e. The first kappa shape index (κ1) is 21.9. The van der Waals surface area contributed by atoms with Gasteiger partial charge in [-0.1, -0.05) is 32.0 Å². The molecule has 0 spiro atoms. The number of aliphatic imine (C=N–C) groups is 1. The first-order valence-electron chi connectivity index (χ1n) is 9.50. The maximum absolute atomic E-state index is 11.8. The molecule has 0 aliphatic rings. The number of amides is 1. The van der Waals surface area contributed by atoms with Gasteiger partial charge in [0.05, 0.1) is 13.1 Å². The minimum absolute atomic E-state index is 0.00203. The van der Waals surface area contributed by atoms with Crippen molar-refractivity contribution in [2.24, 2.45) is 10.9 Å². The zero-order valence-electron chi connectivity index (χ0n) is 17.0. The van der Waals surface area contributed by atoms with Gasteiger partial charge in [0.1, 0.15) is 5.60 Å². The van der Waals surface area contributed by atoms with Crippen LogP contribution in [-0.2, 0) is 16.9 Å². The Bertz CT molecular complexity index is 768. The quantitative estimate of drug-likeness (QED) is 0.403. The number of rotatable bonds is 8. The molecule has 7 heteroatoms. The summed E-state index contributed by atoms with van der Waals surface area (Å²) in [4.78, 5) is 17.3. The Labute approximate surface area is 171 Å². The van der Waals surface area contributed by atoms with Crippen molar-refractivity contribution in [3.05, 3.63) is 52.2 Å². The standard InChI is InChI=1S/C21H30N4O2S/c1-5-22-20(24-14-21(4,27)18-7-6-12-28-18)23-13-16-8-10-17(11-9-16)25-19(26)15(2)3/h6-12,15,27H,5,13-14H2,1-4H3,(H,25,26)(H2,22,23,24). The fourth-order valence-corrected chi connectivity index (χ4v) is 3.21. The first-order chi connectivity index (χ1) is 13.3. The van der Waals surface area contributed by atoms with Crippen molar-refractivity contribution in [2.45, 2.75) is 39.8 Å². The summed E-state index contributed by atoms with van der Waals surface area (Å²) in [6.45, 7) is 9.11. The average molecular weight is 403 g/mol. The van der Waals surface area contributed by atoms with Crippen LogP contribution >= 0.6 is 11.3 Å². The Morgan fingerprint density at radius 3 is 2.50 bits per heavy atom. The van der Waals surface area contributed by atoms with Gasteiger partial charge in [-0.2, -0.15) is 0 Å². The van der Waals surface area contributed by atoms with Crippen molar-refractivity contribution in [3.8, 4) is 0 Å². The maximum Gasteiger partial charge on any atom is 0.226 e. The number of carbonyl (C=O) groups excluding carboxylic acids is 1. The molecule has 1 amide bonds. The lowest BCUT2D eigenvalue weighted by Gasteiger charge is -2.23. The molecule has 1 atom stereocenters. The minimum atomic E-state index is -0.958. The lowest BCUT2D eigenvalue weighted by molar-refractivity contribution is -0.118. The van der Waals surface area contributed by atoms with E-state index in [-0.39, 0.29) is 11.8 Å². The molecular weight excluding hydrogens is 372 g/mol. The third-order valence-corrected chi connectivity index (χ3v) is 5.28. The lowest BCUT2D eigenvalue weighted by Crippen LogP contribution is -2.44. The second kappa shape index (κ2) is 10.2. The Morgan fingerprint density at radius 2 is 1.93 bits per heavy atom. The van der Waals surface area contributed by atoms with Crippen LogP contribution in [0.15, 0.2) is 46.8 Å². The molecule has 2 aromatic rings. The van der Waals surface area contributed by atoms with Gasteiger partial charge in [0.25, 0.3) is 0 Å². The number of aliphatic hydroxyl groups is 1. The number of hydrogen-bond donors (Lipinski definition) is 4. The lowest BCUT2D eigenvalue weighted by atomic mass is 10.1. The third kappa shape index (κ3) is 6.65. The molecule has 1 unspecified atom stereocenters. The van der Waals surface area contributed by atoms with Crippen molar-refractivity contribution < 1.29 is 9.90 Å². The van der Waals surface area contributed by atoms with Crippen molar-refractivity contribution in [2.75, 3.05) is 18.4 Å². The van der Waals surface area contributed by atoms with Gasteiger partial charge in [-0.3, -0.25) is 4.79 Å². The number of benzene rings is 1.